The zero-order valence-corrected chi connectivity index (χ0v) is 46.9. The molecule has 0 aromatic carbocycles. The number of hydrogen-bond donors (Lipinski definition) is 24. The molecule has 6 heterocycles. The molecule has 6 saturated heterocycles. The van der Waals surface area contributed by atoms with E-state index in [1.807, 2.05) is 0 Å². The normalized spacial score (nSPS) is 44.6. The van der Waals surface area contributed by atoms with E-state index in [0.717, 1.165) is 20.8 Å². The van der Waals surface area contributed by atoms with Crippen molar-refractivity contribution in [3.8, 4) is 0 Å². The zero-order chi connectivity index (χ0) is 65.8. The summed E-state index contributed by atoms with van der Waals surface area (Å²) >= 11 is 0. The molecule has 32 atom stereocenters. The third kappa shape index (κ3) is 16.0. The second-order valence-corrected chi connectivity index (χ2v) is 21.9. The van der Waals surface area contributed by atoms with Gasteiger partial charge in [0.15, 0.2) is 25.2 Å². The molecule has 0 spiro atoms. The number of nitrogens with one attached hydrogen (secondary N) is 3. The van der Waals surface area contributed by atoms with Crippen molar-refractivity contribution in [2.45, 2.75) is 229 Å². The summed E-state index contributed by atoms with van der Waals surface area (Å²) in [5.74, 6) is -13.2. The van der Waals surface area contributed by atoms with Gasteiger partial charge in [-0.05, 0) is 0 Å². The Kier molecular flexibility index (Phi) is 25.6. The Balaban J connectivity index is 1.36. The fourth-order valence-corrected chi connectivity index (χ4v) is 10.9. The van der Waals surface area contributed by atoms with E-state index < -0.39 is 277 Å². The number of rotatable bonds is 25. The van der Waals surface area contributed by atoms with Crippen molar-refractivity contribution < 1.29 is 183 Å². The van der Waals surface area contributed by atoms with Gasteiger partial charge in [0, 0.05) is 33.6 Å². The maximum absolute atomic E-state index is 13.2. The summed E-state index contributed by atoms with van der Waals surface area (Å²) in [5.41, 5.74) is 0. The molecule has 6 aliphatic heterocycles. The van der Waals surface area contributed by atoms with Crippen LogP contribution < -0.4 is 16.0 Å². The van der Waals surface area contributed by atoms with Crippen LogP contribution in [0.3, 0.4) is 0 Å². The lowest BCUT2D eigenvalue weighted by Crippen LogP contribution is -2.71. The molecular weight excluding hydrogens is 1210 g/mol. The monoisotopic (exact) mass is 1290 g/mol. The van der Waals surface area contributed by atoms with Crippen LogP contribution in [0, 0.1) is 0 Å². The van der Waals surface area contributed by atoms with Crippen molar-refractivity contribution in [2.75, 3.05) is 39.6 Å². The highest BCUT2D eigenvalue weighted by atomic mass is 16.8. The van der Waals surface area contributed by atoms with Crippen molar-refractivity contribution in [1.29, 1.82) is 0 Å². The van der Waals surface area contributed by atoms with Crippen molar-refractivity contribution in [3.63, 3.8) is 0 Å². The van der Waals surface area contributed by atoms with Crippen molar-refractivity contribution in [1.82, 2.24) is 16.0 Å². The van der Waals surface area contributed by atoms with E-state index in [0.29, 0.717) is 0 Å². The lowest BCUT2D eigenvalue weighted by molar-refractivity contribution is -0.383. The highest BCUT2D eigenvalue weighted by Gasteiger charge is 2.61. The minimum atomic E-state index is -3.18. The van der Waals surface area contributed by atoms with Crippen molar-refractivity contribution in [3.05, 3.63) is 0 Å². The highest BCUT2D eigenvalue weighted by Crippen LogP contribution is 2.39. The number of carbonyl (C=O) groups is 5. The van der Waals surface area contributed by atoms with Crippen LogP contribution in [0.2, 0.25) is 0 Å². The number of carboxylic acid groups (broad SMARTS) is 2. The fraction of sp³-hybridized carbons (Fsp3) is 0.896. The Hall–Kier alpha value is -3.85. The van der Waals surface area contributed by atoms with Gasteiger partial charge >= 0.3 is 11.9 Å². The molecule has 0 saturated carbocycles. The summed E-state index contributed by atoms with van der Waals surface area (Å²) in [6.45, 7) is -4.26. The maximum Gasteiger partial charge on any atom is 0.364 e. The molecule has 6 rings (SSSR count). The van der Waals surface area contributed by atoms with Crippen LogP contribution in [0.5, 0.6) is 0 Å². The van der Waals surface area contributed by atoms with Gasteiger partial charge in [-0.2, -0.15) is 0 Å². The average molecular weight is 1290 g/mol. The van der Waals surface area contributed by atoms with E-state index in [1.54, 1.807) is 0 Å². The van der Waals surface area contributed by atoms with E-state index >= 15 is 0 Å². The van der Waals surface area contributed by atoms with E-state index in [4.69, 9.17) is 52.1 Å². The minimum Gasteiger partial charge on any atom is -0.477 e. The number of carbonyl (C=O) groups excluding carboxylic acids is 3. The summed E-state index contributed by atoms with van der Waals surface area (Å²) < 4.78 is 62.9. The lowest BCUT2D eigenvalue weighted by atomic mass is 9.88. The Labute approximate surface area is 496 Å². The van der Waals surface area contributed by atoms with Gasteiger partial charge in [-0.25, -0.2) is 9.59 Å². The molecule has 24 N–H and O–H groups in total. The molecular formula is C48H79N3O37. The lowest BCUT2D eigenvalue weighted by Gasteiger charge is -2.51. The first kappa shape index (κ1) is 73.2. The third-order valence-electron chi connectivity index (χ3n) is 15.6. The number of aliphatic hydroxyl groups excluding tert-OH is 19. The van der Waals surface area contributed by atoms with Crippen molar-refractivity contribution >= 4 is 29.7 Å². The van der Waals surface area contributed by atoms with E-state index in [-0.39, 0.29) is 0 Å². The van der Waals surface area contributed by atoms with Gasteiger partial charge in [0.1, 0.15) is 134 Å². The quantitative estimate of drug-likeness (QED) is 0.0404. The van der Waals surface area contributed by atoms with Crippen LogP contribution in [-0.4, -0.2) is 372 Å². The molecule has 6 fully saturated rings. The van der Waals surface area contributed by atoms with Gasteiger partial charge in [0.25, 0.3) is 11.6 Å². The molecule has 0 unspecified atom stereocenters. The zero-order valence-electron chi connectivity index (χ0n) is 46.9. The molecule has 0 aromatic rings. The molecule has 3 amide bonds. The molecule has 6 aliphatic rings. The van der Waals surface area contributed by atoms with E-state index in [1.165, 1.54) is 0 Å². The minimum absolute atomic E-state index is 0.840. The standard InChI is InChI=1S/C48H79N3O37/c1-12(56)49-23-15(59)4-47(45(74)75,87-39(23)26(63)17(61)6-52)78-10-21-28(65)30(67)34(71)43(83-21)86-38-25(51-14(3)58)42(84-37-20(9-55)81-44(35(72)32(37)69)85-36-19(8-54)80-41(73)33(70)31(36)68)82-22(29(38)66)11-79-48(46(76)77)5-16(60)24(50-13(2)57)40(88-48)27(64)18(62)7-53/h15-44,52-55,59-73H,4-11H2,1-3H3,(H,49,56)(H,50,57)(H,51,58)(H,74,75)(H,76,77)/t15-,16-,17+,18+,19+,20+,21+,22+,23+,24+,25+,26+,27+,28-,29-,30-,31+,32+,33+,34+,35+,36+,37-,38+,39+,40+,41+,42-,43-,44-,47+,48+/m0/s1. The Morgan fingerprint density at radius 2 is 0.818 bits per heavy atom. The Morgan fingerprint density at radius 3 is 1.24 bits per heavy atom. The van der Waals surface area contributed by atoms with Crippen LogP contribution in [0.25, 0.3) is 0 Å². The molecule has 40 heteroatoms. The molecule has 508 valence electrons. The van der Waals surface area contributed by atoms with Crippen molar-refractivity contribution in [2.24, 2.45) is 0 Å². The van der Waals surface area contributed by atoms with Crippen LogP contribution in [0.15, 0.2) is 0 Å². The molecule has 88 heavy (non-hydrogen) atoms. The van der Waals surface area contributed by atoms with Crippen LogP contribution in [-0.2, 0) is 76.1 Å². The first-order valence-corrected chi connectivity index (χ1v) is 27.4. The van der Waals surface area contributed by atoms with E-state index in [2.05, 4.69) is 16.0 Å². The summed E-state index contributed by atoms with van der Waals surface area (Å²) in [4.78, 5) is 63.5. The smallest absolute Gasteiger partial charge is 0.364 e. The van der Waals surface area contributed by atoms with Gasteiger partial charge < -0.3 is 175 Å². The number of amides is 3. The largest absolute Gasteiger partial charge is 0.477 e. The van der Waals surface area contributed by atoms with Crippen LogP contribution >= 0.6 is 0 Å². The average Bonchev–Trinajstić information content (AvgIpc) is 0.860. The SMILES string of the molecule is CC(=O)N[C@H]1[C@H](O[C@@H]2[C@H](O)[C@@H](O)[C@H](O[C@H]3[C@H](O)[C@@H](O)[C@H](O)O[C@@H]3CO)O[C@@H]2CO)O[C@H](CO[C@]2(C(=O)O)C[C@H](O)[C@@H](NC(C)=O)[C@H]([C@H](O)[C@H](O)CO)O2)[C@H](O)[C@@H]1O[C@@H]1O[C@H](CO[C@]2(C(=O)O)C[C@H](O)[C@@H](NC(C)=O)[C@H]([C@H](O)[C@H](O)CO)O2)[C@H](O)[C@H](O)[C@H]1O. The van der Waals surface area contributed by atoms with Gasteiger partial charge in [-0.3, -0.25) is 14.4 Å². The van der Waals surface area contributed by atoms with Crippen LogP contribution in [0.4, 0.5) is 0 Å². The third-order valence-corrected chi connectivity index (χ3v) is 15.6. The molecule has 0 aromatic heterocycles. The second-order valence-electron chi connectivity index (χ2n) is 21.9. The predicted molar refractivity (Wildman–Crippen MR) is 268 cm³/mol. The van der Waals surface area contributed by atoms with Gasteiger partial charge in [-0.1, -0.05) is 0 Å². The van der Waals surface area contributed by atoms with E-state index in [9.17, 15) is 131 Å². The summed E-state index contributed by atoms with van der Waals surface area (Å²) in [6, 6.07) is -5.46. The summed E-state index contributed by atoms with van der Waals surface area (Å²) in [6.07, 6.45) is -60.5. The van der Waals surface area contributed by atoms with Gasteiger partial charge in [-0.15, -0.1) is 0 Å². The number of ether oxygens (including phenoxy) is 11. The Bertz CT molecular complexity index is 2320. The first-order valence-electron chi connectivity index (χ1n) is 27.4. The number of aliphatic carboxylic acids is 2. The number of carboxylic acids is 2. The molecule has 0 bridgehead atoms. The van der Waals surface area contributed by atoms with Gasteiger partial charge in [0.05, 0.1) is 63.9 Å². The summed E-state index contributed by atoms with van der Waals surface area (Å²) in [7, 11) is 0. The predicted octanol–water partition coefficient (Wildman–Crippen LogP) is -15.3. The number of hydrogen-bond acceptors (Lipinski definition) is 35. The maximum atomic E-state index is 13.2. The highest BCUT2D eigenvalue weighted by molar-refractivity contribution is 5.77. The van der Waals surface area contributed by atoms with Gasteiger partial charge in [0.2, 0.25) is 17.7 Å². The first-order chi connectivity index (χ1) is 41.2. The summed E-state index contributed by atoms with van der Waals surface area (Å²) in [5, 5.41) is 233. The van der Waals surface area contributed by atoms with Crippen LogP contribution in [0.1, 0.15) is 33.6 Å². The molecule has 40 nitrogen and oxygen atoms in total. The Morgan fingerprint density at radius 1 is 0.455 bits per heavy atom. The molecule has 0 aliphatic carbocycles. The topological polar surface area (TPSA) is 648 Å². The fourth-order valence-electron chi connectivity index (χ4n) is 10.9. The number of aliphatic hydroxyl groups is 19. The second kappa shape index (κ2) is 30.7. The molecule has 0 radical (unpaired) electrons.